The lowest BCUT2D eigenvalue weighted by molar-refractivity contribution is 0.138. The van der Waals surface area contributed by atoms with Gasteiger partial charge >= 0.3 is 0 Å². The van der Waals surface area contributed by atoms with E-state index >= 15 is 0 Å². The molecule has 1 aliphatic carbocycles. The van der Waals surface area contributed by atoms with Crippen molar-refractivity contribution in [3.8, 4) is 0 Å². The molecule has 1 saturated carbocycles. The minimum Gasteiger partial charge on any atom is -0.378 e. The molecule has 0 spiro atoms. The number of fused-ring (bicyclic) bond motifs is 1. The molecule has 52 valence electrons. The van der Waals surface area contributed by atoms with Gasteiger partial charge in [0.2, 0.25) is 0 Å². The Balaban J connectivity index is 1.81. The molecule has 0 radical (unpaired) electrons. The molecule has 1 N–H and O–H groups in total. The van der Waals surface area contributed by atoms with Crippen molar-refractivity contribution in [3.05, 3.63) is 0 Å². The van der Waals surface area contributed by atoms with Crippen LogP contribution in [0, 0.1) is 11.8 Å². The fourth-order valence-corrected chi connectivity index (χ4v) is 1.88. The van der Waals surface area contributed by atoms with Gasteiger partial charge in [-0.15, -0.1) is 0 Å². The molecule has 1 heterocycles. The van der Waals surface area contributed by atoms with Gasteiger partial charge in [0.25, 0.3) is 0 Å². The highest BCUT2D eigenvalue weighted by atomic mass is 16.5. The van der Waals surface area contributed by atoms with Crippen LogP contribution in [-0.4, -0.2) is 26.3 Å². The van der Waals surface area contributed by atoms with Crippen LogP contribution < -0.4 is 5.32 Å². The summed E-state index contributed by atoms with van der Waals surface area (Å²) in [5.74, 6) is 1.76. The number of nitrogens with one attached hydrogen (secondary N) is 1. The van der Waals surface area contributed by atoms with Crippen LogP contribution in [0.2, 0.25) is 0 Å². The maximum atomic E-state index is 5.45. The molecule has 2 heteroatoms. The fraction of sp³-hybridized carbons (Fsp3) is 1.00. The summed E-state index contributed by atoms with van der Waals surface area (Å²) in [6.07, 6.45) is 1.94. The van der Waals surface area contributed by atoms with E-state index in [0.29, 0.717) is 6.10 Å². The lowest BCUT2D eigenvalue weighted by Crippen LogP contribution is -2.14. The van der Waals surface area contributed by atoms with E-state index in [1.165, 1.54) is 6.42 Å². The van der Waals surface area contributed by atoms with Crippen molar-refractivity contribution in [2.24, 2.45) is 11.8 Å². The average Bonchev–Trinajstić information content (AvgIpc) is 2.39. The summed E-state index contributed by atoms with van der Waals surface area (Å²) in [5.41, 5.74) is 0. The van der Waals surface area contributed by atoms with Crippen molar-refractivity contribution in [3.63, 3.8) is 0 Å². The first-order valence-corrected chi connectivity index (χ1v) is 3.69. The van der Waals surface area contributed by atoms with Crippen molar-refractivity contribution in [2.45, 2.75) is 12.5 Å². The minimum atomic E-state index is 0.637. The Hall–Kier alpha value is -0.0800. The molecule has 1 saturated heterocycles. The molecule has 9 heavy (non-hydrogen) atoms. The largest absolute Gasteiger partial charge is 0.378 e. The Morgan fingerprint density at radius 1 is 1.67 bits per heavy atom. The zero-order chi connectivity index (χ0) is 6.27. The summed E-state index contributed by atoms with van der Waals surface area (Å²) in [5, 5.41) is 3.18. The van der Waals surface area contributed by atoms with Crippen molar-refractivity contribution >= 4 is 0 Å². The highest BCUT2D eigenvalue weighted by Crippen LogP contribution is 2.48. The second kappa shape index (κ2) is 1.96. The van der Waals surface area contributed by atoms with Gasteiger partial charge in [0.05, 0.1) is 6.10 Å². The summed E-state index contributed by atoms with van der Waals surface area (Å²) in [6, 6.07) is 0. The summed E-state index contributed by atoms with van der Waals surface area (Å²) < 4.78 is 5.45. The van der Waals surface area contributed by atoms with Crippen LogP contribution in [0.4, 0.5) is 0 Å². The molecule has 3 unspecified atom stereocenters. The molecular formula is C7H13NO. The summed E-state index contributed by atoms with van der Waals surface area (Å²) in [7, 11) is 2.01. The Labute approximate surface area is 55.6 Å². The highest BCUT2D eigenvalue weighted by Gasteiger charge is 2.53. The normalized spacial score (nSPS) is 47.0. The third-order valence-corrected chi connectivity index (χ3v) is 2.45. The van der Waals surface area contributed by atoms with Crippen LogP contribution >= 0.6 is 0 Å². The van der Waals surface area contributed by atoms with Crippen LogP contribution in [0.1, 0.15) is 6.42 Å². The van der Waals surface area contributed by atoms with E-state index in [0.717, 1.165) is 25.0 Å². The van der Waals surface area contributed by atoms with Gasteiger partial charge in [-0.25, -0.2) is 0 Å². The van der Waals surface area contributed by atoms with E-state index in [4.69, 9.17) is 4.74 Å². The SMILES string of the molecule is CNCC1C2CCOC21. The third-order valence-electron chi connectivity index (χ3n) is 2.45. The zero-order valence-electron chi connectivity index (χ0n) is 5.76. The van der Waals surface area contributed by atoms with Crippen LogP contribution in [-0.2, 0) is 4.74 Å². The number of ether oxygens (including phenoxy) is 1. The summed E-state index contributed by atoms with van der Waals surface area (Å²) in [4.78, 5) is 0. The molecule has 2 rings (SSSR count). The summed E-state index contributed by atoms with van der Waals surface area (Å²) >= 11 is 0. The molecule has 2 nitrogen and oxygen atoms in total. The standard InChI is InChI=1S/C7H13NO/c1-8-4-6-5-2-3-9-7(5)6/h5-8H,2-4H2,1H3. The molecule has 2 fully saturated rings. The highest BCUT2D eigenvalue weighted by molar-refractivity contribution is 5.02. The Kier molecular flexibility index (Phi) is 1.24. The van der Waals surface area contributed by atoms with Crippen LogP contribution in [0.25, 0.3) is 0 Å². The molecular weight excluding hydrogens is 114 g/mol. The van der Waals surface area contributed by atoms with Crippen molar-refractivity contribution in [1.82, 2.24) is 5.32 Å². The predicted octanol–water partition coefficient (Wildman–Crippen LogP) is 0.241. The lowest BCUT2D eigenvalue weighted by Gasteiger charge is -2.00. The average molecular weight is 127 g/mol. The molecule has 0 amide bonds. The Morgan fingerprint density at radius 2 is 2.56 bits per heavy atom. The molecule has 2 aliphatic rings. The zero-order valence-corrected chi connectivity index (χ0v) is 5.76. The van der Waals surface area contributed by atoms with E-state index in [1.54, 1.807) is 0 Å². The number of rotatable bonds is 2. The quantitative estimate of drug-likeness (QED) is 0.573. The first-order valence-electron chi connectivity index (χ1n) is 3.69. The van der Waals surface area contributed by atoms with Gasteiger partial charge in [0, 0.05) is 19.1 Å². The monoisotopic (exact) mass is 127 g/mol. The smallest absolute Gasteiger partial charge is 0.0652 e. The van der Waals surface area contributed by atoms with Gasteiger partial charge in [-0.1, -0.05) is 0 Å². The topological polar surface area (TPSA) is 21.3 Å². The van der Waals surface area contributed by atoms with Gasteiger partial charge in [-0.05, 0) is 19.4 Å². The fourth-order valence-electron chi connectivity index (χ4n) is 1.88. The van der Waals surface area contributed by atoms with E-state index < -0.39 is 0 Å². The van der Waals surface area contributed by atoms with Gasteiger partial charge in [-0.2, -0.15) is 0 Å². The van der Waals surface area contributed by atoms with Gasteiger partial charge in [0.1, 0.15) is 0 Å². The van der Waals surface area contributed by atoms with E-state index in [9.17, 15) is 0 Å². The van der Waals surface area contributed by atoms with Crippen molar-refractivity contribution < 1.29 is 4.74 Å². The van der Waals surface area contributed by atoms with E-state index in [1.807, 2.05) is 7.05 Å². The predicted molar refractivity (Wildman–Crippen MR) is 35.3 cm³/mol. The molecule has 3 atom stereocenters. The van der Waals surface area contributed by atoms with Crippen molar-refractivity contribution in [1.29, 1.82) is 0 Å². The van der Waals surface area contributed by atoms with Gasteiger partial charge in [-0.3, -0.25) is 0 Å². The Morgan fingerprint density at radius 3 is 3.11 bits per heavy atom. The maximum Gasteiger partial charge on any atom is 0.0652 e. The first-order chi connectivity index (χ1) is 4.43. The van der Waals surface area contributed by atoms with E-state index in [2.05, 4.69) is 5.32 Å². The molecule has 0 aromatic rings. The number of hydrogen-bond acceptors (Lipinski definition) is 2. The second-order valence-corrected chi connectivity index (χ2v) is 3.01. The summed E-state index contributed by atoms with van der Waals surface area (Å²) in [6.45, 7) is 2.16. The molecule has 0 aromatic carbocycles. The Bertz CT molecular complexity index is 105. The van der Waals surface area contributed by atoms with Gasteiger partial charge < -0.3 is 10.1 Å². The van der Waals surface area contributed by atoms with Crippen LogP contribution in [0.5, 0.6) is 0 Å². The van der Waals surface area contributed by atoms with E-state index in [-0.39, 0.29) is 0 Å². The van der Waals surface area contributed by atoms with Crippen molar-refractivity contribution in [2.75, 3.05) is 20.2 Å². The van der Waals surface area contributed by atoms with Crippen LogP contribution in [0.3, 0.4) is 0 Å². The van der Waals surface area contributed by atoms with Crippen LogP contribution in [0.15, 0.2) is 0 Å². The first kappa shape index (κ1) is 5.69. The molecule has 0 bridgehead atoms. The molecule has 0 aromatic heterocycles. The second-order valence-electron chi connectivity index (χ2n) is 3.01. The number of hydrogen-bond donors (Lipinski definition) is 1. The third kappa shape index (κ3) is 0.775. The van der Waals surface area contributed by atoms with Gasteiger partial charge in [0.15, 0.2) is 0 Å². The molecule has 1 aliphatic heterocycles. The maximum absolute atomic E-state index is 5.45. The minimum absolute atomic E-state index is 0.637. The lowest BCUT2D eigenvalue weighted by atomic mass is 10.2.